The highest BCUT2D eigenvalue weighted by atomic mass is 16.4. The molecule has 0 aromatic rings. The van der Waals surface area contributed by atoms with Gasteiger partial charge >= 0.3 is 5.97 Å². The average Bonchev–Trinajstić information content (AvgIpc) is 2.27. The first-order valence-corrected chi connectivity index (χ1v) is 7.24. The van der Waals surface area contributed by atoms with Gasteiger partial charge in [-0.15, -0.1) is 0 Å². The Kier molecular flexibility index (Phi) is 5.64. The number of hydrogen-bond donors (Lipinski definition) is 1. The van der Waals surface area contributed by atoms with Crippen molar-refractivity contribution in [2.45, 2.75) is 65.3 Å². The lowest BCUT2D eigenvalue weighted by molar-refractivity contribution is -0.137. The third-order valence-corrected chi connectivity index (χ3v) is 4.31. The summed E-state index contributed by atoms with van der Waals surface area (Å²) in [6.07, 6.45) is 6.31. The van der Waals surface area contributed by atoms with Gasteiger partial charge in [0.05, 0.1) is 0 Å². The minimum absolute atomic E-state index is 0.289. The van der Waals surface area contributed by atoms with Gasteiger partial charge in [0.2, 0.25) is 0 Å². The Balaban J connectivity index is 2.52. The van der Waals surface area contributed by atoms with E-state index in [1.54, 1.807) is 0 Å². The molecular weight excluding hydrogens is 226 g/mol. The van der Waals surface area contributed by atoms with Crippen LogP contribution in [-0.4, -0.2) is 35.6 Å². The number of carboxylic acid groups (broad SMARTS) is 1. The molecule has 0 aromatic carbocycles. The van der Waals surface area contributed by atoms with Crippen LogP contribution in [0.3, 0.4) is 0 Å². The summed E-state index contributed by atoms with van der Waals surface area (Å²) >= 11 is 0. The van der Waals surface area contributed by atoms with Gasteiger partial charge in [-0.2, -0.15) is 0 Å². The zero-order valence-corrected chi connectivity index (χ0v) is 12.4. The first kappa shape index (κ1) is 15.5. The number of hydrogen-bond acceptors (Lipinski definition) is 2. The highest BCUT2D eigenvalue weighted by Gasteiger charge is 2.35. The Hall–Kier alpha value is -0.570. The van der Waals surface area contributed by atoms with E-state index in [0.29, 0.717) is 11.5 Å². The third-order valence-electron chi connectivity index (χ3n) is 4.31. The van der Waals surface area contributed by atoms with Crippen LogP contribution in [0.25, 0.3) is 0 Å². The third kappa shape index (κ3) is 4.60. The van der Waals surface area contributed by atoms with Gasteiger partial charge in [-0.3, -0.25) is 4.79 Å². The lowest BCUT2D eigenvalue weighted by Gasteiger charge is -2.44. The molecule has 18 heavy (non-hydrogen) atoms. The van der Waals surface area contributed by atoms with Crippen LogP contribution in [0.4, 0.5) is 0 Å². The molecule has 2 unspecified atom stereocenters. The standard InChI is InChI=1S/C15H29NO2/c1-15(2,3)12-8-5-6-9-13(12)16(4)11-7-10-14(17)18/h12-13H,5-11H2,1-4H3,(H,17,18). The van der Waals surface area contributed by atoms with Crippen molar-refractivity contribution in [3.8, 4) is 0 Å². The summed E-state index contributed by atoms with van der Waals surface area (Å²) in [5, 5.41) is 8.70. The summed E-state index contributed by atoms with van der Waals surface area (Å²) in [5.41, 5.74) is 0.353. The fourth-order valence-electron chi connectivity index (χ4n) is 3.29. The normalized spacial score (nSPS) is 25.4. The molecule has 0 aliphatic heterocycles. The fourth-order valence-corrected chi connectivity index (χ4v) is 3.29. The van der Waals surface area contributed by atoms with Gasteiger partial charge in [-0.25, -0.2) is 0 Å². The summed E-state index contributed by atoms with van der Waals surface area (Å²) in [6, 6.07) is 0.632. The molecule has 0 saturated heterocycles. The SMILES string of the molecule is CN(CCCC(=O)O)C1CCCCC1C(C)(C)C. The molecule has 0 spiro atoms. The number of carbonyl (C=O) groups is 1. The molecule has 1 fully saturated rings. The van der Waals surface area contributed by atoms with E-state index >= 15 is 0 Å². The van der Waals surface area contributed by atoms with Gasteiger partial charge in [-0.05, 0) is 44.2 Å². The van der Waals surface area contributed by atoms with Crippen molar-refractivity contribution < 1.29 is 9.90 Å². The first-order valence-electron chi connectivity index (χ1n) is 7.24. The highest BCUT2D eigenvalue weighted by Crippen LogP contribution is 2.39. The second kappa shape index (κ2) is 6.55. The molecule has 106 valence electrons. The lowest BCUT2D eigenvalue weighted by atomic mass is 9.69. The van der Waals surface area contributed by atoms with Crippen LogP contribution in [0.15, 0.2) is 0 Å². The molecule has 1 aliphatic carbocycles. The van der Waals surface area contributed by atoms with E-state index in [1.807, 2.05) is 0 Å². The lowest BCUT2D eigenvalue weighted by Crippen LogP contribution is -2.45. The quantitative estimate of drug-likeness (QED) is 0.818. The molecular formula is C15H29NO2. The largest absolute Gasteiger partial charge is 0.481 e. The van der Waals surface area contributed by atoms with E-state index in [4.69, 9.17) is 5.11 Å². The Morgan fingerprint density at radius 2 is 1.89 bits per heavy atom. The monoisotopic (exact) mass is 255 g/mol. The fraction of sp³-hybridized carbons (Fsp3) is 0.933. The van der Waals surface area contributed by atoms with E-state index in [-0.39, 0.29) is 6.42 Å². The average molecular weight is 255 g/mol. The molecule has 3 heteroatoms. The minimum atomic E-state index is -0.681. The van der Waals surface area contributed by atoms with Gasteiger partial charge in [0.1, 0.15) is 0 Å². The van der Waals surface area contributed by atoms with Crippen LogP contribution >= 0.6 is 0 Å². The zero-order valence-electron chi connectivity index (χ0n) is 12.4. The van der Waals surface area contributed by atoms with Crippen molar-refractivity contribution in [3.63, 3.8) is 0 Å². The van der Waals surface area contributed by atoms with E-state index in [1.165, 1.54) is 25.7 Å². The van der Waals surface area contributed by atoms with Crippen LogP contribution in [0.1, 0.15) is 59.3 Å². The van der Waals surface area contributed by atoms with Crippen LogP contribution in [-0.2, 0) is 4.79 Å². The summed E-state index contributed by atoms with van der Waals surface area (Å²) in [5.74, 6) is 0.0560. The molecule has 3 nitrogen and oxygen atoms in total. The number of nitrogens with zero attached hydrogens (tertiary/aromatic N) is 1. The molecule has 1 saturated carbocycles. The van der Waals surface area contributed by atoms with Crippen molar-refractivity contribution in [1.29, 1.82) is 0 Å². The van der Waals surface area contributed by atoms with E-state index < -0.39 is 5.97 Å². The Bertz CT molecular complexity index is 270. The molecule has 1 aliphatic rings. The Morgan fingerprint density at radius 1 is 1.28 bits per heavy atom. The summed E-state index contributed by atoms with van der Waals surface area (Å²) in [7, 11) is 2.16. The van der Waals surface area contributed by atoms with Gasteiger partial charge in [0.15, 0.2) is 0 Å². The van der Waals surface area contributed by atoms with Gasteiger partial charge in [-0.1, -0.05) is 33.6 Å². The van der Waals surface area contributed by atoms with Crippen molar-refractivity contribution >= 4 is 5.97 Å². The van der Waals surface area contributed by atoms with Crippen LogP contribution in [0.2, 0.25) is 0 Å². The predicted octanol–water partition coefficient (Wildman–Crippen LogP) is 3.39. The van der Waals surface area contributed by atoms with Crippen molar-refractivity contribution in [2.75, 3.05) is 13.6 Å². The van der Waals surface area contributed by atoms with Crippen LogP contribution in [0, 0.1) is 11.3 Å². The molecule has 1 N–H and O–H groups in total. The second-order valence-corrected chi connectivity index (χ2v) is 6.80. The van der Waals surface area contributed by atoms with Crippen molar-refractivity contribution in [3.05, 3.63) is 0 Å². The van der Waals surface area contributed by atoms with E-state index in [0.717, 1.165) is 18.9 Å². The molecule has 0 aromatic heterocycles. The smallest absolute Gasteiger partial charge is 0.303 e. The number of aliphatic carboxylic acids is 1. The second-order valence-electron chi connectivity index (χ2n) is 6.80. The molecule has 2 atom stereocenters. The van der Waals surface area contributed by atoms with Crippen LogP contribution in [0.5, 0.6) is 0 Å². The van der Waals surface area contributed by atoms with Crippen LogP contribution < -0.4 is 0 Å². The minimum Gasteiger partial charge on any atom is -0.481 e. The molecule has 1 rings (SSSR count). The maximum Gasteiger partial charge on any atom is 0.303 e. The topological polar surface area (TPSA) is 40.5 Å². The maximum atomic E-state index is 10.6. The summed E-state index contributed by atoms with van der Waals surface area (Å²) in [6.45, 7) is 7.91. The predicted molar refractivity (Wildman–Crippen MR) is 74.7 cm³/mol. The van der Waals surface area contributed by atoms with Gasteiger partial charge in [0.25, 0.3) is 0 Å². The maximum absolute atomic E-state index is 10.6. The van der Waals surface area contributed by atoms with E-state index in [2.05, 4.69) is 32.7 Å². The van der Waals surface area contributed by atoms with Gasteiger partial charge in [0, 0.05) is 12.5 Å². The van der Waals surface area contributed by atoms with Crippen molar-refractivity contribution in [1.82, 2.24) is 4.90 Å². The van der Waals surface area contributed by atoms with E-state index in [9.17, 15) is 4.79 Å². The summed E-state index contributed by atoms with van der Waals surface area (Å²) < 4.78 is 0. The molecule has 0 radical (unpaired) electrons. The number of rotatable bonds is 5. The van der Waals surface area contributed by atoms with Crippen molar-refractivity contribution in [2.24, 2.45) is 11.3 Å². The molecule has 0 amide bonds. The Labute approximate surface area is 112 Å². The summed E-state index contributed by atoms with van der Waals surface area (Å²) in [4.78, 5) is 13.0. The molecule has 0 heterocycles. The van der Waals surface area contributed by atoms with Gasteiger partial charge < -0.3 is 10.0 Å². The zero-order chi connectivity index (χ0) is 13.8. The molecule has 0 bridgehead atoms. The first-order chi connectivity index (χ1) is 8.32. The number of carboxylic acids is 1. The highest BCUT2D eigenvalue weighted by molar-refractivity contribution is 5.66. The Morgan fingerprint density at radius 3 is 2.44 bits per heavy atom.